The zero-order valence-electron chi connectivity index (χ0n) is 10.6. The third kappa shape index (κ3) is 4.93. The van der Waals surface area contributed by atoms with Crippen LogP contribution in [0.2, 0.25) is 0 Å². The van der Waals surface area contributed by atoms with Crippen molar-refractivity contribution in [3.63, 3.8) is 0 Å². The summed E-state index contributed by atoms with van der Waals surface area (Å²) >= 11 is 0. The molecule has 1 aliphatic heterocycles. The summed E-state index contributed by atoms with van der Waals surface area (Å²) in [5.41, 5.74) is 0. The third-order valence-electron chi connectivity index (χ3n) is 3.55. The number of carbonyl (C=O) groups excluding carboxylic acids is 1. The molecule has 1 heterocycles. The number of hydrogen-bond acceptors (Lipinski definition) is 2. The number of piperidine rings is 1. The Hall–Kier alpha value is -0.630. The molecule has 92 valence electrons. The highest BCUT2D eigenvalue weighted by Gasteiger charge is 2.21. The second kappa shape index (κ2) is 7.61. The van der Waals surface area contributed by atoms with E-state index in [-0.39, 0.29) is 0 Å². The number of nitrogens with zero attached hydrogens (tertiary/aromatic N) is 1. The number of allylic oxidation sites excluding steroid dienone is 1. The van der Waals surface area contributed by atoms with Crippen molar-refractivity contribution < 1.29 is 4.79 Å². The predicted molar refractivity (Wildman–Crippen MR) is 68.5 cm³/mol. The molecule has 0 aromatic heterocycles. The molecule has 0 N–H and O–H groups in total. The number of unbranched alkanes of at least 4 members (excludes halogenated alkanes) is 3. The van der Waals surface area contributed by atoms with Crippen molar-refractivity contribution in [1.82, 2.24) is 4.90 Å². The summed E-state index contributed by atoms with van der Waals surface area (Å²) in [5.74, 6) is 0.725. The van der Waals surface area contributed by atoms with Gasteiger partial charge >= 0.3 is 0 Å². The number of carbonyl (C=O) groups is 1. The highest BCUT2D eigenvalue weighted by molar-refractivity contribution is 5.78. The Morgan fingerprint density at radius 1 is 1.31 bits per heavy atom. The van der Waals surface area contributed by atoms with E-state index in [1.165, 1.54) is 25.8 Å². The Kier molecular flexibility index (Phi) is 6.39. The molecule has 16 heavy (non-hydrogen) atoms. The molecule has 0 saturated carbocycles. The molecule has 0 aliphatic carbocycles. The van der Waals surface area contributed by atoms with Crippen LogP contribution < -0.4 is 0 Å². The lowest BCUT2D eigenvalue weighted by molar-refractivity contribution is -0.122. The van der Waals surface area contributed by atoms with Gasteiger partial charge in [0.15, 0.2) is 0 Å². The fourth-order valence-electron chi connectivity index (χ4n) is 2.36. The van der Waals surface area contributed by atoms with E-state index in [4.69, 9.17) is 0 Å². The number of likely N-dealkylation sites (tertiary alicyclic amines) is 1. The maximum absolute atomic E-state index is 11.2. The highest BCUT2D eigenvalue weighted by Crippen LogP contribution is 2.18. The Bertz CT molecular complexity index is 217. The van der Waals surface area contributed by atoms with Gasteiger partial charge < -0.3 is 4.90 Å². The Morgan fingerprint density at radius 3 is 2.56 bits per heavy atom. The van der Waals surface area contributed by atoms with Gasteiger partial charge in [-0.15, -0.1) is 6.58 Å². The van der Waals surface area contributed by atoms with Gasteiger partial charge in [0.1, 0.15) is 5.78 Å². The van der Waals surface area contributed by atoms with E-state index in [0.29, 0.717) is 11.7 Å². The van der Waals surface area contributed by atoms with Crippen molar-refractivity contribution in [2.24, 2.45) is 5.92 Å². The maximum Gasteiger partial charge on any atom is 0.133 e. The second-order valence-corrected chi connectivity index (χ2v) is 4.86. The van der Waals surface area contributed by atoms with Gasteiger partial charge in [0.2, 0.25) is 0 Å². The molecular weight excluding hydrogens is 198 g/mol. The largest absolute Gasteiger partial charge is 0.303 e. The molecule has 1 rings (SSSR count). The van der Waals surface area contributed by atoms with Gasteiger partial charge in [-0.25, -0.2) is 0 Å². The quantitative estimate of drug-likeness (QED) is 0.488. The Balaban J connectivity index is 2.03. The molecule has 2 heteroatoms. The van der Waals surface area contributed by atoms with Gasteiger partial charge in [-0.3, -0.25) is 4.79 Å². The molecule has 0 aromatic carbocycles. The molecule has 0 unspecified atom stereocenters. The van der Waals surface area contributed by atoms with Crippen molar-refractivity contribution >= 4 is 5.78 Å². The van der Waals surface area contributed by atoms with E-state index in [1.54, 1.807) is 6.92 Å². The molecule has 0 atom stereocenters. The zero-order valence-corrected chi connectivity index (χ0v) is 10.6. The van der Waals surface area contributed by atoms with Gasteiger partial charge in [-0.05, 0) is 58.7 Å². The topological polar surface area (TPSA) is 20.3 Å². The summed E-state index contributed by atoms with van der Waals surface area (Å²) < 4.78 is 0. The van der Waals surface area contributed by atoms with E-state index in [9.17, 15) is 4.79 Å². The highest BCUT2D eigenvalue weighted by atomic mass is 16.1. The number of hydrogen-bond donors (Lipinski definition) is 0. The lowest BCUT2D eigenvalue weighted by Gasteiger charge is -2.30. The van der Waals surface area contributed by atoms with Crippen LogP contribution in [0.4, 0.5) is 0 Å². The first-order valence-corrected chi connectivity index (χ1v) is 6.57. The zero-order chi connectivity index (χ0) is 11.8. The van der Waals surface area contributed by atoms with E-state index < -0.39 is 0 Å². The summed E-state index contributed by atoms with van der Waals surface area (Å²) in [4.78, 5) is 13.7. The molecule has 1 aliphatic rings. The van der Waals surface area contributed by atoms with Gasteiger partial charge in [0.25, 0.3) is 0 Å². The smallest absolute Gasteiger partial charge is 0.133 e. The molecule has 2 nitrogen and oxygen atoms in total. The Labute approximate surface area is 99.7 Å². The van der Waals surface area contributed by atoms with E-state index in [1.807, 2.05) is 6.08 Å². The van der Waals surface area contributed by atoms with Gasteiger partial charge in [-0.2, -0.15) is 0 Å². The van der Waals surface area contributed by atoms with Crippen molar-refractivity contribution in [2.45, 2.75) is 45.4 Å². The van der Waals surface area contributed by atoms with Crippen LogP contribution in [0.3, 0.4) is 0 Å². The lowest BCUT2D eigenvalue weighted by atomic mass is 9.93. The molecule has 0 bridgehead atoms. The van der Waals surface area contributed by atoms with Crippen molar-refractivity contribution in [2.75, 3.05) is 19.6 Å². The van der Waals surface area contributed by atoms with Crippen LogP contribution in [-0.2, 0) is 4.79 Å². The van der Waals surface area contributed by atoms with Crippen LogP contribution in [0.15, 0.2) is 12.7 Å². The molecule has 0 radical (unpaired) electrons. The third-order valence-corrected chi connectivity index (χ3v) is 3.55. The molecule has 0 aromatic rings. The average molecular weight is 223 g/mol. The molecule has 1 saturated heterocycles. The van der Waals surface area contributed by atoms with Gasteiger partial charge in [-0.1, -0.05) is 12.5 Å². The SMILES string of the molecule is C=CCCCCCN1CCC(C(C)=O)CC1. The standard InChI is InChI=1S/C14H25NO/c1-3-4-5-6-7-10-15-11-8-14(9-12-15)13(2)16/h3,14H,1,4-12H2,2H3. The van der Waals surface area contributed by atoms with Crippen molar-refractivity contribution in [3.05, 3.63) is 12.7 Å². The minimum atomic E-state index is 0.344. The maximum atomic E-state index is 11.2. The van der Waals surface area contributed by atoms with Gasteiger partial charge in [0.05, 0.1) is 0 Å². The lowest BCUT2D eigenvalue weighted by Crippen LogP contribution is -2.36. The first-order chi connectivity index (χ1) is 7.74. The van der Waals surface area contributed by atoms with Crippen LogP contribution in [0.1, 0.15) is 45.4 Å². The monoisotopic (exact) mass is 223 g/mol. The van der Waals surface area contributed by atoms with Crippen LogP contribution in [-0.4, -0.2) is 30.3 Å². The first kappa shape index (κ1) is 13.4. The summed E-state index contributed by atoms with van der Waals surface area (Å²) in [7, 11) is 0. The average Bonchev–Trinajstić information content (AvgIpc) is 2.29. The van der Waals surface area contributed by atoms with E-state index in [0.717, 1.165) is 32.4 Å². The molecule has 0 spiro atoms. The summed E-state index contributed by atoms with van der Waals surface area (Å²) in [6.07, 6.45) is 9.15. The first-order valence-electron chi connectivity index (χ1n) is 6.57. The molecule has 0 amide bonds. The minimum absolute atomic E-state index is 0.344. The van der Waals surface area contributed by atoms with Crippen LogP contribution in [0, 0.1) is 5.92 Å². The van der Waals surface area contributed by atoms with Crippen LogP contribution in [0.5, 0.6) is 0 Å². The van der Waals surface area contributed by atoms with Crippen molar-refractivity contribution in [1.29, 1.82) is 0 Å². The normalized spacial score (nSPS) is 18.6. The van der Waals surface area contributed by atoms with E-state index >= 15 is 0 Å². The molecule has 1 fully saturated rings. The summed E-state index contributed by atoms with van der Waals surface area (Å²) in [5, 5.41) is 0. The van der Waals surface area contributed by atoms with Gasteiger partial charge in [0, 0.05) is 5.92 Å². The number of rotatable bonds is 7. The second-order valence-electron chi connectivity index (χ2n) is 4.86. The molecular formula is C14H25NO. The number of Topliss-reactive ketones (excluding diaryl/α,β-unsaturated/α-hetero) is 1. The minimum Gasteiger partial charge on any atom is -0.303 e. The fraction of sp³-hybridized carbons (Fsp3) is 0.786. The van der Waals surface area contributed by atoms with Crippen LogP contribution in [0.25, 0.3) is 0 Å². The van der Waals surface area contributed by atoms with E-state index in [2.05, 4.69) is 11.5 Å². The fourth-order valence-corrected chi connectivity index (χ4v) is 2.36. The van der Waals surface area contributed by atoms with Crippen LogP contribution >= 0.6 is 0 Å². The predicted octanol–water partition coefficient (Wildman–Crippen LogP) is 3.03. The van der Waals surface area contributed by atoms with Crippen molar-refractivity contribution in [3.8, 4) is 0 Å². The Morgan fingerprint density at radius 2 is 2.00 bits per heavy atom. The number of ketones is 1. The summed E-state index contributed by atoms with van der Waals surface area (Å²) in [6, 6.07) is 0. The summed E-state index contributed by atoms with van der Waals surface area (Å²) in [6.45, 7) is 8.91.